The molecule has 0 fully saturated rings. The first-order valence-corrected chi connectivity index (χ1v) is 3.38. The van der Waals surface area contributed by atoms with Crippen molar-refractivity contribution in [3.8, 4) is 6.07 Å². The number of hydrogen-bond donors (Lipinski definition) is 0. The van der Waals surface area contributed by atoms with E-state index in [0.29, 0.717) is 4.48 Å². The zero-order valence-corrected chi connectivity index (χ0v) is 6.50. The van der Waals surface area contributed by atoms with Gasteiger partial charge in [0.25, 0.3) is 5.91 Å². The van der Waals surface area contributed by atoms with Gasteiger partial charge in [-0.05, 0) is 22.0 Å². The van der Waals surface area contributed by atoms with Crippen LogP contribution >= 0.6 is 15.9 Å². The minimum atomic E-state index is -0.709. The molecule has 0 radical (unpaired) electrons. The van der Waals surface area contributed by atoms with Gasteiger partial charge in [0.05, 0.1) is 6.07 Å². The zero-order valence-electron chi connectivity index (χ0n) is 4.91. The van der Waals surface area contributed by atoms with Crippen LogP contribution in [0.4, 0.5) is 0 Å². The van der Waals surface area contributed by atoms with E-state index in [4.69, 9.17) is 5.26 Å². The van der Waals surface area contributed by atoms with Gasteiger partial charge >= 0.3 is 0 Å². The van der Waals surface area contributed by atoms with E-state index in [0.717, 1.165) is 0 Å². The van der Waals surface area contributed by atoms with E-state index in [2.05, 4.69) is 20.9 Å². The summed E-state index contributed by atoms with van der Waals surface area (Å²) in [5.74, 6) is -1.11. The van der Waals surface area contributed by atoms with E-state index in [1.165, 1.54) is 12.3 Å². The predicted molar refractivity (Wildman–Crippen MR) is 39.6 cm³/mol. The fourth-order valence-electron chi connectivity index (χ4n) is 0.572. The molecule has 3 nitrogen and oxygen atoms in total. The Morgan fingerprint density at radius 3 is 3.00 bits per heavy atom. The van der Waals surface area contributed by atoms with Gasteiger partial charge < -0.3 is 0 Å². The molecule has 0 aliphatic carbocycles. The van der Waals surface area contributed by atoms with Crippen LogP contribution in [0.1, 0.15) is 0 Å². The molecule has 1 atom stereocenters. The Morgan fingerprint density at radius 1 is 1.80 bits per heavy atom. The van der Waals surface area contributed by atoms with Crippen molar-refractivity contribution < 1.29 is 4.79 Å². The maximum Gasteiger partial charge on any atom is 0.266 e. The van der Waals surface area contributed by atoms with Gasteiger partial charge in [-0.2, -0.15) is 5.26 Å². The maximum absolute atomic E-state index is 10.7. The lowest BCUT2D eigenvalue weighted by molar-refractivity contribution is -0.118. The number of carbonyl (C=O) groups excluding carboxylic acids is 1. The monoisotopic (exact) mass is 198 g/mol. The lowest BCUT2D eigenvalue weighted by atomic mass is 10.1. The summed E-state index contributed by atoms with van der Waals surface area (Å²) in [6.45, 7) is 0. The fourth-order valence-corrected chi connectivity index (χ4v) is 0.938. The molecule has 50 valence electrons. The third-order valence-electron chi connectivity index (χ3n) is 1.05. The van der Waals surface area contributed by atoms with Crippen molar-refractivity contribution in [2.24, 2.45) is 10.9 Å². The molecule has 0 aromatic carbocycles. The Bertz CT molecular complexity index is 261. The molecule has 1 amide bonds. The van der Waals surface area contributed by atoms with Crippen LogP contribution in [0.3, 0.4) is 0 Å². The molecule has 1 rings (SSSR count). The number of nitriles is 1. The van der Waals surface area contributed by atoms with Crippen LogP contribution in [-0.2, 0) is 4.79 Å². The molecule has 1 aliphatic rings. The molecule has 10 heavy (non-hydrogen) atoms. The second-order valence-corrected chi connectivity index (χ2v) is 2.67. The van der Waals surface area contributed by atoms with E-state index < -0.39 is 11.8 Å². The van der Waals surface area contributed by atoms with Gasteiger partial charge in [0, 0.05) is 10.7 Å². The summed E-state index contributed by atoms with van der Waals surface area (Å²) >= 11 is 3.11. The standard InChI is InChI=1S/C6H3BrN2O/c7-5-1-4(2-8)6(10)9-3-5/h1,3-4H. The highest BCUT2D eigenvalue weighted by molar-refractivity contribution is 9.12. The van der Waals surface area contributed by atoms with Crippen molar-refractivity contribution in [1.29, 1.82) is 5.26 Å². The maximum atomic E-state index is 10.7. The average Bonchev–Trinajstić information content (AvgIpc) is 1.94. The largest absolute Gasteiger partial charge is 0.271 e. The van der Waals surface area contributed by atoms with Crippen molar-refractivity contribution >= 4 is 28.1 Å². The first kappa shape index (κ1) is 7.16. The quantitative estimate of drug-likeness (QED) is 0.584. The van der Waals surface area contributed by atoms with Gasteiger partial charge in [0.15, 0.2) is 0 Å². The first-order valence-electron chi connectivity index (χ1n) is 2.59. The summed E-state index contributed by atoms with van der Waals surface area (Å²) in [4.78, 5) is 14.1. The van der Waals surface area contributed by atoms with Crippen molar-refractivity contribution in [3.63, 3.8) is 0 Å². The van der Waals surface area contributed by atoms with E-state index in [9.17, 15) is 4.79 Å². The predicted octanol–water partition coefficient (Wildman–Crippen LogP) is 1.02. The number of carbonyl (C=O) groups is 1. The number of allylic oxidation sites excluding steroid dienone is 1. The van der Waals surface area contributed by atoms with Crippen LogP contribution in [0.5, 0.6) is 0 Å². The lowest BCUT2D eigenvalue weighted by Crippen LogP contribution is -2.11. The number of dihydropyridines is 1. The summed E-state index contributed by atoms with van der Waals surface area (Å²) < 4.78 is 0.679. The summed E-state index contributed by atoms with van der Waals surface area (Å²) in [6, 6.07) is 1.81. The summed E-state index contributed by atoms with van der Waals surface area (Å²) in [6.07, 6.45) is 2.91. The second kappa shape index (κ2) is 2.76. The molecule has 1 aliphatic heterocycles. The smallest absolute Gasteiger partial charge is 0.266 e. The Balaban J connectivity index is 2.90. The third kappa shape index (κ3) is 1.31. The fraction of sp³-hybridized carbons (Fsp3) is 0.167. The number of halogens is 1. The number of hydrogen-bond acceptors (Lipinski definition) is 2. The number of rotatable bonds is 0. The van der Waals surface area contributed by atoms with E-state index in [-0.39, 0.29) is 0 Å². The Labute approximate surface area is 66.2 Å². The van der Waals surface area contributed by atoms with Crippen LogP contribution in [0, 0.1) is 17.2 Å². The molecular formula is C6H3BrN2O. The molecule has 0 spiro atoms. The molecular weight excluding hydrogens is 196 g/mol. The van der Waals surface area contributed by atoms with Crippen molar-refractivity contribution in [3.05, 3.63) is 10.6 Å². The van der Waals surface area contributed by atoms with Crippen molar-refractivity contribution in [1.82, 2.24) is 0 Å². The topological polar surface area (TPSA) is 53.2 Å². The average molecular weight is 199 g/mol. The minimum absolute atomic E-state index is 0.397. The minimum Gasteiger partial charge on any atom is -0.271 e. The van der Waals surface area contributed by atoms with Gasteiger partial charge in [0.2, 0.25) is 0 Å². The van der Waals surface area contributed by atoms with Crippen LogP contribution < -0.4 is 0 Å². The van der Waals surface area contributed by atoms with Crippen LogP contribution in [-0.4, -0.2) is 12.1 Å². The Morgan fingerprint density at radius 2 is 2.50 bits per heavy atom. The molecule has 4 heteroatoms. The molecule has 0 bridgehead atoms. The lowest BCUT2D eigenvalue weighted by Gasteiger charge is -2.01. The van der Waals surface area contributed by atoms with Gasteiger partial charge in [-0.15, -0.1) is 0 Å². The number of aliphatic imine (C=N–C) groups is 1. The molecule has 0 aromatic rings. The Kier molecular flexibility index (Phi) is 1.97. The van der Waals surface area contributed by atoms with Gasteiger partial charge in [0.1, 0.15) is 5.92 Å². The summed E-state index contributed by atoms with van der Waals surface area (Å²) in [5.41, 5.74) is 0. The van der Waals surface area contributed by atoms with Crippen LogP contribution in [0.2, 0.25) is 0 Å². The van der Waals surface area contributed by atoms with Crippen molar-refractivity contribution in [2.45, 2.75) is 0 Å². The molecule has 1 heterocycles. The highest BCUT2D eigenvalue weighted by Gasteiger charge is 2.16. The summed E-state index contributed by atoms with van der Waals surface area (Å²) in [7, 11) is 0. The normalized spacial score (nSPS) is 23.8. The van der Waals surface area contributed by atoms with Crippen LogP contribution in [0.25, 0.3) is 0 Å². The Hall–Kier alpha value is -0.950. The molecule has 0 N–H and O–H groups in total. The van der Waals surface area contributed by atoms with E-state index in [1.54, 1.807) is 0 Å². The second-order valence-electron chi connectivity index (χ2n) is 1.75. The SMILES string of the molecule is N#CC1C=C(Br)C=NC1=O. The number of amides is 1. The molecule has 1 unspecified atom stereocenters. The highest BCUT2D eigenvalue weighted by atomic mass is 79.9. The summed E-state index contributed by atoms with van der Waals surface area (Å²) in [5, 5.41) is 8.37. The highest BCUT2D eigenvalue weighted by Crippen LogP contribution is 2.13. The number of nitrogens with zero attached hydrogens (tertiary/aromatic N) is 2. The molecule has 0 aromatic heterocycles. The van der Waals surface area contributed by atoms with Gasteiger partial charge in [-0.3, -0.25) is 4.79 Å². The van der Waals surface area contributed by atoms with E-state index in [1.807, 2.05) is 6.07 Å². The first-order chi connectivity index (χ1) is 4.74. The van der Waals surface area contributed by atoms with Gasteiger partial charge in [-0.25, -0.2) is 4.99 Å². The third-order valence-corrected chi connectivity index (χ3v) is 1.52. The van der Waals surface area contributed by atoms with E-state index >= 15 is 0 Å². The molecule has 0 saturated heterocycles. The van der Waals surface area contributed by atoms with Crippen LogP contribution in [0.15, 0.2) is 15.6 Å². The van der Waals surface area contributed by atoms with Gasteiger partial charge in [-0.1, -0.05) is 0 Å². The molecule has 0 saturated carbocycles. The van der Waals surface area contributed by atoms with Crippen molar-refractivity contribution in [2.75, 3.05) is 0 Å². The zero-order chi connectivity index (χ0) is 7.56.